The van der Waals surface area contributed by atoms with Crippen molar-refractivity contribution in [1.82, 2.24) is 0 Å². The second kappa shape index (κ2) is 3.49. The summed E-state index contributed by atoms with van der Waals surface area (Å²) in [6.45, 7) is 8.39. The second-order valence-corrected chi connectivity index (χ2v) is 6.59. The van der Waals surface area contributed by atoms with Gasteiger partial charge in [-0.05, 0) is 27.7 Å². The number of hydrogen-bond acceptors (Lipinski definition) is 6. The lowest BCUT2D eigenvalue weighted by atomic mass is 9.82. The molecular weight excluding hydrogens is 250 g/mol. The Balaban J connectivity index is 1.60. The highest BCUT2D eigenvalue weighted by Gasteiger charge is 2.62. The van der Waals surface area contributed by atoms with Gasteiger partial charge in [0, 0.05) is 0 Å². The Morgan fingerprint density at radius 3 is 2.68 bits per heavy atom. The Morgan fingerprint density at radius 1 is 1.11 bits per heavy atom. The van der Waals surface area contributed by atoms with Crippen LogP contribution in [0.1, 0.15) is 27.7 Å². The van der Waals surface area contributed by atoms with Crippen LogP contribution in [0.25, 0.3) is 0 Å². The fourth-order valence-electron chi connectivity index (χ4n) is 3.30. The van der Waals surface area contributed by atoms with E-state index in [2.05, 4.69) is 5.16 Å². The lowest BCUT2D eigenvalue weighted by Crippen LogP contribution is -2.52. The quantitative estimate of drug-likeness (QED) is 0.657. The average Bonchev–Trinajstić information content (AvgIpc) is 2.87. The molecule has 0 unspecified atom stereocenters. The molecule has 4 heterocycles. The summed E-state index contributed by atoms with van der Waals surface area (Å²) in [7, 11) is 0. The van der Waals surface area contributed by atoms with Gasteiger partial charge < -0.3 is 23.8 Å². The molecule has 106 valence electrons. The molecular formula is C13H19NO5. The minimum atomic E-state index is -0.617. The van der Waals surface area contributed by atoms with Gasteiger partial charge in [-0.1, -0.05) is 5.16 Å². The molecule has 0 radical (unpaired) electrons. The molecule has 6 heteroatoms. The van der Waals surface area contributed by atoms with Gasteiger partial charge in [0.05, 0.1) is 18.2 Å². The first-order chi connectivity index (χ1) is 8.87. The van der Waals surface area contributed by atoms with E-state index in [1.54, 1.807) is 0 Å². The Labute approximate surface area is 112 Å². The zero-order valence-electron chi connectivity index (χ0n) is 11.6. The van der Waals surface area contributed by atoms with Gasteiger partial charge in [0.2, 0.25) is 0 Å². The van der Waals surface area contributed by atoms with E-state index in [1.807, 2.05) is 27.7 Å². The summed E-state index contributed by atoms with van der Waals surface area (Å²) in [5, 5.41) is 4.22. The highest BCUT2D eigenvalue weighted by Crippen LogP contribution is 2.45. The van der Waals surface area contributed by atoms with Crippen molar-refractivity contribution in [2.45, 2.75) is 63.7 Å². The molecule has 0 N–H and O–H groups in total. The van der Waals surface area contributed by atoms with Crippen LogP contribution < -0.4 is 0 Å². The number of rotatable bonds is 0. The van der Waals surface area contributed by atoms with Gasteiger partial charge in [-0.25, -0.2) is 0 Å². The summed E-state index contributed by atoms with van der Waals surface area (Å²) < 4.78 is 23.5. The van der Waals surface area contributed by atoms with E-state index in [1.165, 1.54) is 0 Å². The molecule has 0 aromatic carbocycles. The fraction of sp³-hybridized carbons (Fsp3) is 0.923. The average molecular weight is 269 g/mol. The number of nitrogens with zero attached hydrogens (tertiary/aromatic N) is 1. The van der Waals surface area contributed by atoms with Crippen LogP contribution >= 0.6 is 0 Å². The van der Waals surface area contributed by atoms with Crippen LogP contribution in [0.3, 0.4) is 0 Å². The Morgan fingerprint density at radius 2 is 1.89 bits per heavy atom. The van der Waals surface area contributed by atoms with Crippen molar-refractivity contribution >= 4 is 5.71 Å². The summed E-state index contributed by atoms with van der Waals surface area (Å²) in [6, 6.07) is 0. The number of oxime groups is 1. The van der Waals surface area contributed by atoms with E-state index in [9.17, 15) is 0 Å². The predicted octanol–water partition coefficient (Wildman–Crippen LogP) is 1.04. The minimum Gasteiger partial charge on any atom is -0.389 e. The molecule has 6 nitrogen and oxygen atoms in total. The van der Waals surface area contributed by atoms with Crippen LogP contribution in [0.5, 0.6) is 0 Å². The van der Waals surface area contributed by atoms with E-state index in [-0.39, 0.29) is 36.1 Å². The molecule has 0 aromatic heterocycles. The van der Waals surface area contributed by atoms with Crippen LogP contribution in [0.2, 0.25) is 0 Å². The Hall–Kier alpha value is -0.690. The SMILES string of the molecule is CC1(C)O[C@H]2O[C@@H]3C4=NOC(C)(C)[C@H]4CO[C@@H]3[C@H]2O1. The maximum absolute atomic E-state index is 5.97. The topological polar surface area (TPSA) is 58.5 Å². The first-order valence-corrected chi connectivity index (χ1v) is 6.76. The maximum atomic E-state index is 5.97. The van der Waals surface area contributed by atoms with Crippen LogP contribution in [0, 0.1) is 5.92 Å². The Bertz CT molecular complexity index is 446. The molecule has 4 aliphatic rings. The van der Waals surface area contributed by atoms with Gasteiger partial charge in [0.1, 0.15) is 23.9 Å². The fourth-order valence-corrected chi connectivity index (χ4v) is 3.30. The molecule has 5 atom stereocenters. The highest BCUT2D eigenvalue weighted by molar-refractivity contribution is 5.94. The molecule has 19 heavy (non-hydrogen) atoms. The van der Waals surface area contributed by atoms with Crippen LogP contribution in [-0.4, -0.2) is 48.3 Å². The van der Waals surface area contributed by atoms with Crippen LogP contribution in [0.4, 0.5) is 0 Å². The summed E-state index contributed by atoms with van der Waals surface area (Å²) in [5.74, 6) is -0.478. The third-order valence-electron chi connectivity index (χ3n) is 4.32. The molecule has 0 saturated carbocycles. The summed E-state index contributed by atoms with van der Waals surface area (Å²) in [5.41, 5.74) is 0.600. The van der Waals surface area contributed by atoms with Gasteiger partial charge in [0.25, 0.3) is 0 Å². The largest absolute Gasteiger partial charge is 0.389 e. The molecule has 4 aliphatic heterocycles. The lowest BCUT2D eigenvalue weighted by molar-refractivity contribution is -0.214. The van der Waals surface area contributed by atoms with Crippen molar-refractivity contribution in [3.8, 4) is 0 Å². The third kappa shape index (κ3) is 1.60. The molecule has 3 fully saturated rings. The molecule has 0 spiro atoms. The number of fused-ring (bicyclic) bond motifs is 5. The molecule has 3 saturated heterocycles. The second-order valence-electron chi connectivity index (χ2n) is 6.59. The molecule has 0 aromatic rings. The maximum Gasteiger partial charge on any atom is 0.190 e. The van der Waals surface area contributed by atoms with Crippen LogP contribution in [0.15, 0.2) is 5.16 Å². The van der Waals surface area contributed by atoms with E-state index < -0.39 is 5.79 Å². The van der Waals surface area contributed by atoms with Gasteiger partial charge in [0.15, 0.2) is 12.1 Å². The number of hydrogen-bond donors (Lipinski definition) is 0. The summed E-state index contributed by atoms with van der Waals surface area (Å²) in [6.07, 6.45) is -0.937. The zero-order valence-corrected chi connectivity index (χ0v) is 11.6. The smallest absolute Gasteiger partial charge is 0.190 e. The van der Waals surface area contributed by atoms with Crippen molar-refractivity contribution < 1.29 is 23.8 Å². The standard InChI is InChI=1S/C13H19NO5/c1-12(2)6-5-15-9-8(7(6)14-19-12)16-11-10(9)17-13(3,4)18-11/h6,8-11H,5H2,1-4H3/t6-,8+,9-,10+,11+/m0/s1. The predicted molar refractivity (Wildman–Crippen MR) is 64.5 cm³/mol. The molecule has 0 amide bonds. The van der Waals surface area contributed by atoms with Crippen molar-refractivity contribution in [2.75, 3.05) is 6.61 Å². The van der Waals surface area contributed by atoms with Gasteiger partial charge in [-0.15, -0.1) is 0 Å². The van der Waals surface area contributed by atoms with E-state index in [0.717, 1.165) is 5.71 Å². The van der Waals surface area contributed by atoms with Crippen molar-refractivity contribution in [3.05, 3.63) is 0 Å². The zero-order chi connectivity index (χ0) is 13.4. The third-order valence-corrected chi connectivity index (χ3v) is 4.32. The van der Waals surface area contributed by atoms with E-state index in [0.29, 0.717) is 6.61 Å². The summed E-state index contributed by atoms with van der Waals surface area (Å²) in [4.78, 5) is 5.50. The summed E-state index contributed by atoms with van der Waals surface area (Å²) >= 11 is 0. The van der Waals surface area contributed by atoms with Crippen LogP contribution in [-0.2, 0) is 23.8 Å². The first-order valence-electron chi connectivity index (χ1n) is 6.76. The van der Waals surface area contributed by atoms with Crippen molar-refractivity contribution in [1.29, 1.82) is 0 Å². The highest BCUT2D eigenvalue weighted by atomic mass is 16.8. The van der Waals surface area contributed by atoms with Crippen molar-refractivity contribution in [3.63, 3.8) is 0 Å². The molecule has 4 rings (SSSR count). The van der Waals surface area contributed by atoms with E-state index in [4.69, 9.17) is 23.8 Å². The van der Waals surface area contributed by atoms with E-state index >= 15 is 0 Å². The first kappa shape index (κ1) is 12.1. The molecule has 0 aliphatic carbocycles. The Kier molecular flexibility index (Phi) is 2.22. The van der Waals surface area contributed by atoms with Gasteiger partial charge in [-0.3, -0.25) is 0 Å². The minimum absolute atomic E-state index is 0.139. The van der Waals surface area contributed by atoms with Gasteiger partial charge in [-0.2, -0.15) is 0 Å². The number of ether oxygens (including phenoxy) is 4. The van der Waals surface area contributed by atoms with Crippen molar-refractivity contribution in [2.24, 2.45) is 11.1 Å². The monoisotopic (exact) mass is 269 g/mol. The molecule has 0 bridgehead atoms. The lowest BCUT2D eigenvalue weighted by Gasteiger charge is -2.35. The van der Waals surface area contributed by atoms with Gasteiger partial charge >= 0.3 is 0 Å². The normalized spacial score (nSPS) is 49.1.